The maximum absolute atomic E-state index is 15.4. The van der Waals surface area contributed by atoms with Gasteiger partial charge in [0.05, 0.1) is 11.6 Å². The molecule has 0 aromatic heterocycles. The van der Waals surface area contributed by atoms with Gasteiger partial charge in [-0.05, 0) is 64.5 Å². The number of carbonyl (C=O) groups excluding carboxylic acids is 3. The largest absolute Gasteiger partial charge is 0.508 e. The van der Waals surface area contributed by atoms with Crippen LogP contribution in [0.5, 0.6) is 5.75 Å². The van der Waals surface area contributed by atoms with Gasteiger partial charge >= 0.3 is 0 Å². The molecule has 0 aliphatic heterocycles. The standard InChI is InChI=1S/C29H35F2NO7/c1-12(33)17-25(36)22(32(5)6)16-11-13-10-15-19(24(35)18(13)27(38)29(16,39)26(17)37)23(34)14(20(30)21(15)31)8-7-9-28(2,3)4/h13,16,22,34-35,37,39H,7-11H2,1-6H3/t13-,16-,22-,29+/m0/s1. The lowest BCUT2D eigenvalue weighted by atomic mass is 9.57. The first-order valence-corrected chi connectivity index (χ1v) is 13.0. The van der Waals surface area contributed by atoms with Crippen molar-refractivity contribution in [2.75, 3.05) is 14.1 Å². The van der Waals surface area contributed by atoms with Crippen molar-refractivity contribution in [3.05, 3.63) is 45.2 Å². The smallest absolute Gasteiger partial charge is 0.202 e. The molecule has 1 aromatic rings. The summed E-state index contributed by atoms with van der Waals surface area (Å²) < 4.78 is 30.5. The molecule has 0 bridgehead atoms. The van der Waals surface area contributed by atoms with Gasteiger partial charge in [-0.15, -0.1) is 0 Å². The van der Waals surface area contributed by atoms with Crippen molar-refractivity contribution >= 4 is 23.1 Å². The molecule has 4 atom stereocenters. The number of ketones is 3. The number of phenolic OH excluding ortho intramolecular Hbond substituents is 1. The number of hydrogen-bond donors (Lipinski definition) is 4. The van der Waals surface area contributed by atoms with Crippen molar-refractivity contribution in [2.24, 2.45) is 17.3 Å². The summed E-state index contributed by atoms with van der Waals surface area (Å²) >= 11 is 0. The zero-order chi connectivity index (χ0) is 29.4. The van der Waals surface area contributed by atoms with Crippen LogP contribution in [0.3, 0.4) is 0 Å². The second-order valence-electron chi connectivity index (χ2n) is 12.4. The molecule has 1 saturated carbocycles. The van der Waals surface area contributed by atoms with Crippen molar-refractivity contribution in [3.8, 4) is 5.75 Å². The molecule has 1 aromatic carbocycles. The molecule has 4 N–H and O–H groups in total. The average molecular weight is 548 g/mol. The fourth-order valence-electron chi connectivity index (χ4n) is 6.48. The molecule has 4 rings (SSSR count). The third kappa shape index (κ3) is 4.28. The summed E-state index contributed by atoms with van der Waals surface area (Å²) in [4.78, 5) is 40.7. The van der Waals surface area contributed by atoms with Crippen molar-refractivity contribution in [1.29, 1.82) is 0 Å². The van der Waals surface area contributed by atoms with Crippen LogP contribution in [-0.2, 0) is 27.2 Å². The van der Waals surface area contributed by atoms with E-state index in [4.69, 9.17) is 0 Å². The van der Waals surface area contributed by atoms with E-state index in [1.165, 1.54) is 19.0 Å². The van der Waals surface area contributed by atoms with Gasteiger partial charge in [0.2, 0.25) is 5.78 Å². The normalized spacial score (nSPS) is 27.1. The zero-order valence-corrected chi connectivity index (χ0v) is 23.0. The van der Waals surface area contributed by atoms with Gasteiger partial charge in [0.15, 0.2) is 28.8 Å². The van der Waals surface area contributed by atoms with Crippen LogP contribution in [0.4, 0.5) is 8.78 Å². The number of fused-ring (bicyclic) bond motifs is 3. The molecule has 0 heterocycles. The van der Waals surface area contributed by atoms with Gasteiger partial charge in [-0.2, -0.15) is 0 Å². The molecule has 0 amide bonds. The Balaban J connectivity index is 1.90. The minimum atomic E-state index is -2.72. The van der Waals surface area contributed by atoms with Crippen LogP contribution in [0.2, 0.25) is 0 Å². The van der Waals surface area contributed by atoms with Gasteiger partial charge in [-0.1, -0.05) is 20.8 Å². The number of rotatable bonds is 5. The molecule has 0 saturated heterocycles. The number of hydrogen-bond acceptors (Lipinski definition) is 8. The third-order valence-electron chi connectivity index (χ3n) is 8.32. The van der Waals surface area contributed by atoms with Gasteiger partial charge in [-0.25, -0.2) is 8.78 Å². The number of aliphatic hydroxyl groups excluding tert-OH is 2. The van der Waals surface area contributed by atoms with Crippen molar-refractivity contribution in [3.63, 3.8) is 0 Å². The number of Topliss-reactive ketones (excluding diaryl/α,β-unsaturated/α-hetero) is 3. The molecular weight excluding hydrogens is 512 g/mol. The van der Waals surface area contributed by atoms with Crippen LogP contribution in [0.25, 0.3) is 5.76 Å². The Bertz CT molecular complexity index is 1350. The zero-order valence-electron chi connectivity index (χ0n) is 23.0. The molecule has 212 valence electrons. The van der Waals surface area contributed by atoms with E-state index in [0.717, 1.165) is 6.92 Å². The molecule has 3 aliphatic carbocycles. The maximum atomic E-state index is 15.4. The topological polar surface area (TPSA) is 135 Å². The molecule has 10 heteroatoms. The lowest BCUT2D eigenvalue weighted by Gasteiger charge is -2.50. The highest BCUT2D eigenvalue weighted by Crippen LogP contribution is 2.53. The Morgan fingerprint density at radius 2 is 1.72 bits per heavy atom. The molecule has 8 nitrogen and oxygen atoms in total. The van der Waals surface area contributed by atoms with E-state index in [9.17, 15) is 34.8 Å². The summed E-state index contributed by atoms with van der Waals surface area (Å²) in [7, 11) is 3.03. The number of likely N-dealkylation sites (N-methyl/N-ethyl adjacent to an activating group) is 1. The molecule has 3 aliphatic rings. The van der Waals surface area contributed by atoms with Crippen LogP contribution in [0, 0.1) is 28.9 Å². The van der Waals surface area contributed by atoms with E-state index in [1.807, 2.05) is 20.8 Å². The number of phenols is 1. The lowest BCUT2D eigenvalue weighted by molar-refractivity contribution is -0.153. The van der Waals surface area contributed by atoms with Gasteiger partial charge in [0, 0.05) is 22.6 Å². The van der Waals surface area contributed by atoms with Crippen LogP contribution >= 0.6 is 0 Å². The van der Waals surface area contributed by atoms with E-state index < -0.39 is 80.9 Å². The average Bonchev–Trinajstić information content (AvgIpc) is 2.80. The van der Waals surface area contributed by atoms with E-state index >= 15 is 8.78 Å². The number of carbonyl (C=O) groups is 3. The summed E-state index contributed by atoms with van der Waals surface area (Å²) in [5.74, 6) is -9.99. The predicted octanol–water partition coefficient (Wildman–Crippen LogP) is 3.71. The predicted molar refractivity (Wildman–Crippen MR) is 138 cm³/mol. The number of aliphatic hydroxyl groups is 3. The quantitative estimate of drug-likeness (QED) is 0.410. The maximum Gasteiger partial charge on any atom is 0.202 e. The Morgan fingerprint density at radius 1 is 1.10 bits per heavy atom. The molecule has 1 fully saturated rings. The van der Waals surface area contributed by atoms with Gasteiger partial charge < -0.3 is 20.4 Å². The summed E-state index contributed by atoms with van der Waals surface area (Å²) in [5.41, 5.74) is -4.92. The highest BCUT2D eigenvalue weighted by Gasteiger charge is 2.64. The lowest BCUT2D eigenvalue weighted by Crippen LogP contribution is -2.65. The Kier molecular flexibility index (Phi) is 7.05. The van der Waals surface area contributed by atoms with Gasteiger partial charge in [-0.3, -0.25) is 19.3 Å². The van der Waals surface area contributed by atoms with E-state index in [1.54, 1.807) is 0 Å². The van der Waals surface area contributed by atoms with Crippen molar-refractivity contribution < 1.29 is 43.6 Å². The molecule has 0 unspecified atom stereocenters. The fourth-order valence-corrected chi connectivity index (χ4v) is 6.48. The fraction of sp³-hybridized carbons (Fsp3) is 0.552. The Morgan fingerprint density at radius 3 is 2.26 bits per heavy atom. The van der Waals surface area contributed by atoms with Crippen molar-refractivity contribution in [2.45, 2.75) is 71.4 Å². The van der Waals surface area contributed by atoms with E-state index in [-0.39, 0.29) is 41.4 Å². The van der Waals surface area contributed by atoms with Crippen LogP contribution in [-0.4, -0.2) is 68.4 Å². The van der Waals surface area contributed by atoms with Crippen molar-refractivity contribution in [1.82, 2.24) is 4.90 Å². The number of halogens is 2. The first-order valence-electron chi connectivity index (χ1n) is 13.0. The van der Waals surface area contributed by atoms with Crippen LogP contribution in [0.1, 0.15) is 63.6 Å². The highest BCUT2D eigenvalue weighted by atomic mass is 19.2. The summed E-state index contributed by atoms with van der Waals surface area (Å²) in [5, 5.41) is 44.9. The van der Waals surface area contributed by atoms with Crippen LogP contribution in [0.15, 0.2) is 16.9 Å². The third-order valence-corrected chi connectivity index (χ3v) is 8.32. The first kappa shape index (κ1) is 28.9. The molecular formula is C29H35F2NO7. The summed E-state index contributed by atoms with van der Waals surface area (Å²) in [6.07, 6.45) is 0.620. The Hall–Kier alpha value is -3.11. The van der Waals surface area contributed by atoms with E-state index in [0.29, 0.717) is 12.8 Å². The number of benzene rings is 1. The minimum Gasteiger partial charge on any atom is -0.508 e. The number of aromatic hydroxyl groups is 1. The van der Waals surface area contributed by atoms with Gasteiger partial charge in [0.25, 0.3) is 0 Å². The van der Waals surface area contributed by atoms with E-state index in [2.05, 4.69) is 0 Å². The molecule has 39 heavy (non-hydrogen) atoms. The second kappa shape index (κ2) is 9.52. The van der Waals surface area contributed by atoms with Crippen LogP contribution < -0.4 is 0 Å². The monoisotopic (exact) mass is 547 g/mol. The number of nitrogens with zero attached hydrogens (tertiary/aromatic N) is 1. The van der Waals surface area contributed by atoms with Gasteiger partial charge in [0.1, 0.15) is 22.8 Å². The second-order valence-corrected chi connectivity index (χ2v) is 12.4. The minimum absolute atomic E-state index is 0.0107. The SMILES string of the molecule is CC(=O)C1=C(O)[C@@]2(O)C(=O)C3=C(O)c4c(O)c(CCCC(C)(C)C)c(F)c(F)c4C[C@H]3C[C@H]2[C@H](N(C)C)C1=O. The highest BCUT2D eigenvalue weighted by molar-refractivity contribution is 6.25. The first-order chi connectivity index (χ1) is 17.9. The Labute approximate surface area is 225 Å². The molecule has 0 radical (unpaired) electrons. The summed E-state index contributed by atoms with van der Waals surface area (Å²) in [6, 6.07) is -1.18. The molecule has 0 spiro atoms. The summed E-state index contributed by atoms with van der Waals surface area (Å²) in [6.45, 7) is 6.99.